The number of benzene rings is 3. The van der Waals surface area contributed by atoms with Gasteiger partial charge in [0.15, 0.2) is 0 Å². The summed E-state index contributed by atoms with van der Waals surface area (Å²) in [4.78, 5) is 16.4. The first-order valence-corrected chi connectivity index (χ1v) is 10.2. The Morgan fingerprint density at radius 1 is 0.706 bits per heavy atom. The van der Waals surface area contributed by atoms with Crippen LogP contribution < -0.4 is 4.90 Å². The first kappa shape index (κ1) is 25.1. The fourth-order valence-corrected chi connectivity index (χ4v) is 3.38. The molecule has 3 rings (SSSR count). The van der Waals surface area contributed by atoms with Gasteiger partial charge in [0.25, 0.3) is 5.91 Å². The molecule has 0 fully saturated rings. The number of anilines is 1. The van der Waals surface area contributed by atoms with Gasteiger partial charge in [-0.25, -0.2) is 0 Å². The zero-order valence-electron chi connectivity index (χ0n) is 18.4. The first-order valence-electron chi connectivity index (χ1n) is 10.2. The Morgan fingerprint density at radius 2 is 1.18 bits per heavy atom. The van der Waals surface area contributed by atoms with Crippen LogP contribution in [0, 0.1) is 0 Å². The van der Waals surface area contributed by atoms with Crippen molar-refractivity contribution in [3.8, 4) is 0 Å². The number of carbonyl (C=O) groups is 1. The molecule has 0 bridgehead atoms. The van der Waals surface area contributed by atoms with Crippen LogP contribution in [0.25, 0.3) is 0 Å². The average Bonchev–Trinajstić information content (AvgIpc) is 2.77. The van der Waals surface area contributed by atoms with E-state index in [9.17, 15) is 31.1 Å². The predicted molar refractivity (Wildman–Crippen MR) is 117 cm³/mol. The Balaban J connectivity index is 2.02. The molecular weight excluding hydrogens is 458 g/mol. The molecule has 180 valence electrons. The maximum atomic E-state index is 13.3. The summed E-state index contributed by atoms with van der Waals surface area (Å²) in [5.41, 5.74) is -1.47. The molecule has 3 aromatic rings. The zero-order chi connectivity index (χ0) is 25.1. The maximum Gasteiger partial charge on any atom is 0.416 e. The number of halogens is 6. The highest BCUT2D eigenvalue weighted by molar-refractivity contribution is 5.94. The lowest BCUT2D eigenvalue weighted by Crippen LogP contribution is -2.30. The predicted octanol–water partition coefficient (Wildman–Crippen LogP) is 6.63. The van der Waals surface area contributed by atoms with Gasteiger partial charge >= 0.3 is 12.4 Å². The van der Waals surface area contributed by atoms with E-state index < -0.39 is 35.0 Å². The summed E-state index contributed by atoms with van der Waals surface area (Å²) in [5, 5.41) is 0. The van der Waals surface area contributed by atoms with Crippen LogP contribution in [-0.2, 0) is 25.4 Å². The molecule has 0 N–H and O–H groups in total. The van der Waals surface area contributed by atoms with Crippen molar-refractivity contribution >= 4 is 11.6 Å². The molecule has 1 amide bonds. The lowest BCUT2D eigenvalue weighted by Gasteiger charge is -2.24. The Kier molecular flexibility index (Phi) is 7.24. The van der Waals surface area contributed by atoms with Crippen LogP contribution in [0.2, 0.25) is 0 Å². The number of nitrogens with zero attached hydrogens (tertiary/aromatic N) is 2. The third-order valence-corrected chi connectivity index (χ3v) is 5.16. The summed E-state index contributed by atoms with van der Waals surface area (Å²) >= 11 is 0. The van der Waals surface area contributed by atoms with Gasteiger partial charge in [0.2, 0.25) is 0 Å². The van der Waals surface area contributed by atoms with Crippen molar-refractivity contribution in [2.75, 3.05) is 19.0 Å². The van der Waals surface area contributed by atoms with E-state index in [1.165, 1.54) is 4.90 Å². The van der Waals surface area contributed by atoms with Gasteiger partial charge in [-0.15, -0.1) is 0 Å². The molecule has 3 aromatic carbocycles. The molecule has 3 nitrogen and oxygen atoms in total. The van der Waals surface area contributed by atoms with Gasteiger partial charge in [0, 0.05) is 38.4 Å². The van der Waals surface area contributed by atoms with E-state index in [0.29, 0.717) is 23.3 Å². The highest BCUT2D eigenvalue weighted by Crippen LogP contribution is 2.36. The Hall–Kier alpha value is -3.49. The van der Waals surface area contributed by atoms with Crippen molar-refractivity contribution in [3.63, 3.8) is 0 Å². The molecule has 0 heterocycles. The second kappa shape index (κ2) is 9.79. The van der Waals surface area contributed by atoms with Crippen LogP contribution >= 0.6 is 0 Å². The molecule has 0 atom stereocenters. The highest BCUT2D eigenvalue weighted by atomic mass is 19.4. The van der Waals surface area contributed by atoms with Crippen molar-refractivity contribution in [1.29, 1.82) is 0 Å². The summed E-state index contributed by atoms with van der Waals surface area (Å²) in [5.74, 6) is -0.933. The number of hydrogen-bond donors (Lipinski definition) is 0. The van der Waals surface area contributed by atoms with Crippen LogP contribution in [0.1, 0.15) is 32.6 Å². The average molecular weight is 480 g/mol. The SMILES string of the molecule is CN(C)c1ccc(CN(Cc2ccccc2)C(=O)c2cc(C(F)(F)F)cc(C(F)(F)F)c2)cc1. The first-order chi connectivity index (χ1) is 15.8. The largest absolute Gasteiger partial charge is 0.416 e. The topological polar surface area (TPSA) is 23.6 Å². The minimum Gasteiger partial charge on any atom is -0.378 e. The van der Waals surface area contributed by atoms with Crippen molar-refractivity contribution in [2.45, 2.75) is 25.4 Å². The highest BCUT2D eigenvalue weighted by Gasteiger charge is 2.38. The number of hydrogen-bond acceptors (Lipinski definition) is 2. The molecule has 0 unspecified atom stereocenters. The molecule has 0 radical (unpaired) electrons. The molecule has 0 aliphatic carbocycles. The fourth-order valence-electron chi connectivity index (χ4n) is 3.38. The van der Waals surface area contributed by atoms with Gasteiger partial charge in [-0.2, -0.15) is 26.3 Å². The van der Waals surface area contributed by atoms with Crippen LogP contribution in [0.4, 0.5) is 32.0 Å². The molecule has 0 spiro atoms. The monoisotopic (exact) mass is 480 g/mol. The van der Waals surface area contributed by atoms with Crippen LogP contribution in [0.3, 0.4) is 0 Å². The smallest absolute Gasteiger partial charge is 0.378 e. The van der Waals surface area contributed by atoms with Crippen molar-refractivity contribution in [3.05, 3.63) is 101 Å². The molecule has 0 saturated carbocycles. The second-order valence-corrected chi connectivity index (χ2v) is 8.00. The van der Waals surface area contributed by atoms with Gasteiger partial charge in [-0.05, 0) is 41.5 Å². The Morgan fingerprint density at radius 3 is 1.62 bits per heavy atom. The van der Waals surface area contributed by atoms with Gasteiger partial charge in [0.05, 0.1) is 11.1 Å². The van der Waals surface area contributed by atoms with E-state index in [2.05, 4.69) is 0 Å². The molecular formula is C25H22F6N2O. The van der Waals surface area contributed by atoms with E-state index in [4.69, 9.17) is 0 Å². The number of alkyl halides is 6. The molecule has 34 heavy (non-hydrogen) atoms. The van der Waals surface area contributed by atoms with Crippen molar-refractivity contribution in [2.24, 2.45) is 0 Å². The molecule has 0 aliphatic heterocycles. The summed E-state index contributed by atoms with van der Waals surface area (Å²) in [7, 11) is 3.71. The van der Waals surface area contributed by atoms with Gasteiger partial charge in [-0.1, -0.05) is 42.5 Å². The minimum absolute atomic E-state index is 0.000959. The lowest BCUT2D eigenvalue weighted by molar-refractivity contribution is -0.143. The van der Waals surface area contributed by atoms with E-state index in [0.717, 1.165) is 5.69 Å². The van der Waals surface area contributed by atoms with Gasteiger partial charge < -0.3 is 9.80 Å². The molecule has 0 saturated heterocycles. The van der Waals surface area contributed by atoms with Crippen LogP contribution in [0.5, 0.6) is 0 Å². The Labute approximate surface area is 193 Å². The van der Waals surface area contributed by atoms with Crippen molar-refractivity contribution in [1.82, 2.24) is 4.90 Å². The Bertz CT molecular complexity index is 1090. The third kappa shape index (κ3) is 6.30. The summed E-state index contributed by atoms with van der Waals surface area (Å²) in [6.07, 6.45) is -10.1. The van der Waals surface area contributed by atoms with E-state index in [1.54, 1.807) is 42.5 Å². The van der Waals surface area contributed by atoms with E-state index >= 15 is 0 Å². The fraction of sp³-hybridized carbons (Fsp3) is 0.240. The van der Waals surface area contributed by atoms with Crippen LogP contribution in [-0.4, -0.2) is 24.9 Å². The summed E-state index contributed by atoms with van der Waals surface area (Å²) < 4.78 is 79.8. The molecule has 9 heteroatoms. The lowest BCUT2D eigenvalue weighted by atomic mass is 10.0. The number of carbonyl (C=O) groups excluding carboxylic acids is 1. The summed E-state index contributed by atoms with van der Waals surface area (Å²) in [6, 6.07) is 16.8. The number of rotatable bonds is 6. The van der Waals surface area contributed by atoms with E-state index in [-0.39, 0.29) is 19.2 Å². The maximum absolute atomic E-state index is 13.3. The van der Waals surface area contributed by atoms with Crippen molar-refractivity contribution < 1.29 is 31.1 Å². The second-order valence-electron chi connectivity index (χ2n) is 8.00. The van der Waals surface area contributed by atoms with Gasteiger partial charge in [-0.3, -0.25) is 4.79 Å². The number of amides is 1. The minimum atomic E-state index is -5.04. The third-order valence-electron chi connectivity index (χ3n) is 5.16. The normalized spacial score (nSPS) is 11.9. The van der Waals surface area contributed by atoms with E-state index in [1.807, 2.05) is 31.1 Å². The molecule has 0 aliphatic rings. The van der Waals surface area contributed by atoms with Gasteiger partial charge in [0.1, 0.15) is 0 Å². The quantitative estimate of drug-likeness (QED) is 0.370. The summed E-state index contributed by atoms with van der Waals surface area (Å²) in [6.45, 7) is 0.00569. The standard InChI is InChI=1S/C25H22F6N2O/c1-32(2)22-10-8-18(9-11-22)16-33(15-17-6-4-3-5-7-17)23(34)19-12-20(24(26,27)28)14-21(13-19)25(29,30)31/h3-14H,15-16H2,1-2H3. The zero-order valence-corrected chi connectivity index (χ0v) is 18.4. The van der Waals surface area contributed by atoms with Crippen LogP contribution in [0.15, 0.2) is 72.8 Å². The molecule has 0 aromatic heterocycles.